The lowest BCUT2D eigenvalue weighted by atomic mass is 9.95. The number of carbonyl (C=O) groups is 2. The van der Waals surface area contributed by atoms with E-state index < -0.39 is 5.41 Å². The highest BCUT2D eigenvalue weighted by atomic mass is 19.1. The third-order valence-corrected chi connectivity index (χ3v) is 3.38. The molecule has 2 aromatic carbocycles. The van der Waals surface area contributed by atoms with Crippen LogP contribution in [0.2, 0.25) is 0 Å². The molecule has 0 saturated carbocycles. The Morgan fingerprint density at radius 1 is 0.920 bits per heavy atom. The van der Waals surface area contributed by atoms with E-state index in [0.717, 1.165) is 0 Å². The Hall–Kier alpha value is -2.89. The van der Waals surface area contributed by atoms with Gasteiger partial charge in [0.15, 0.2) is 0 Å². The second kappa shape index (κ2) is 7.79. The molecule has 0 heterocycles. The molecule has 0 aliphatic rings. The summed E-state index contributed by atoms with van der Waals surface area (Å²) in [4.78, 5) is 23.9. The summed E-state index contributed by atoms with van der Waals surface area (Å²) in [5.74, 6) is -0.695. The van der Waals surface area contributed by atoms with Crippen molar-refractivity contribution in [2.45, 2.75) is 20.8 Å². The van der Waals surface area contributed by atoms with Crippen molar-refractivity contribution >= 4 is 28.9 Å². The Labute approximate surface area is 146 Å². The number of hydrogen-bond donors (Lipinski definition) is 3. The molecule has 0 saturated heterocycles. The van der Waals surface area contributed by atoms with Crippen molar-refractivity contribution in [3.05, 3.63) is 54.3 Å². The molecule has 6 heteroatoms. The zero-order chi connectivity index (χ0) is 18.4. The van der Waals surface area contributed by atoms with Crippen molar-refractivity contribution in [1.29, 1.82) is 0 Å². The van der Waals surface area contributed by atoms with E-state index in [2.05, 4.69) is 16.0 Å². The normalized spacial score (nSPS) is 10.9. The highest BCUT2D eigenvalue weighted by molar-refractivity contribution is 5.95. The molecule has 132 valence electrons. The van der Waals surface area contributed by atoms with Crippen LogP contribution in [0.3, 0.4) is 0 Å². The first-order valence-electron chi connectivity index (χ1n) is 7.95. The van der Waals surface area contributed by atoms with Crippen LogP contribution < -0.4 is 16.0 Å². The molecule has 0 aliphatic heterocycles. The van der Waals surface area contributed by atoms with Crippen molar-refractivity contribution in [3.8, 4) is 0 Å². The van der Waals surface area contributed by atoms with Gasteiger partial charge in [-0.1, -0.05) is 26.8 Å². The minimum Gasteiger partial charge on any atom is -0.376 e. The van der Waals surface area contributed by atoms with E-state index in [1.165, 1.54) is 24.3 Å². The molecule has 2 rings (SSSR count). The monoisotopic (exact) mass is 343 g/mol. The van der Waals surface area contributed by atoms with Gasteiger partial charge in [-0.15, -0.1) is 0 Å². The zero-order valence-corrected chi connectivity index (χ0v) is 14.5. The third kappa shape index (κ3) is 5.91. The van der Waals surface area contributed by atoms with Gasteiger partial charge in [0.2, 0.25) is 11.8 Å². The lowest BCUT2D eigenvalue weighted by Crippen LogP contribution is -2.27. The maximum absolute atomic E-state index is 12.8. The Kier molecular flexibility index (Phi) is 5.75. The summed E-state index contributed by atoms with van der Waals surface area (Å²) in [5.41, 5.74) is 1.41. The first-order chi connectivity index (χ1) is 11.7. The SMILES string of the molecule is CC(C)(C)C(=O)Nc1cccc(NCC(=O)Nc2ccc(F)cc2)c1. The van der Waals surface area contributed by atoms with Gasteiger partial charge in [0, 0.05) is 22.5 Å². The van der Waals surface area contributed by atoms with E-state index in [-0.39, 0.29) is 24.2 Å². The maximum atomic E-state index is 12.8. The second-order valence-corrected chi connectivity index (χ2v) is 6.69. The van der Waals surface area contributed by atoms with Gasteiger partial charge in [0.1, 0.15) is 5.82 Å². The summed E-state index contributed by atoms with van der Waals surface area (Å²) < 4.78 is 12.8. The highest BCUT2D eigenvalue weighted by Crippen LogP contribution is 2.20. The molecule has 0 bridgehead atoms. The average molecular weight is 343 g/mol. The van der Waals surface area contributed by atoms with Crippen molar-refractivity contribution in [3.63, 3.8) is 0 Å². The van der Waals surface area contributed by atoms with Gasteiger partial charge >= 0.3 is 0 Å². The Morgan fingerprint density at radius 3 is 2.20 bits per heavy atom. The van der Waals surface area contributed by atoms with Crippen molar-refractivity contribution in [2.24, 2.45) is 5.41 Å². The summed E-state index contributed by atoms with van der Waals surface area (Å²) in [6.45, 7) is 5.56. The molecule has 2 amide bonds. The van der Waals surface area contributed by atoms with E-state index >= 15 is 0 Å². The van der Waals surface area contributed by atoms with Crippen LogP contribution in [0.15, 0.2) is 48.5 Å². The molecule has 0 aliphatic carbocycles. The molecule has 0 atom stereocenters. The molecule has 0 fully saturated rings. The fourth-order valence-electron chi connectivity index (χ4n) is 1.95. The molecular weight excluding hydrogens is 321 g/mol. The number of benzene rings is 2. The van der Waals surface area contributed by atoms with Crippen molar-refractivity contribution in [1.82, 2.24) is 0 Å². The standard InChI is InChI=1S/C19H22FN3O2/c1-19(2,3)18(25)23-16-6-4-5-15(11-16)21-12-17(24)22-14-9-7-13(20)8-10-14/h4-11,21H,12H2,1-3H3,(H,22,24)(H,23,25). The Bertz CT molecular complexity index is 752. The molecule has 5 nitrogen and oxygen atoms in total. The van der Waals surface area contributed by atoms with Crippen LogP contribution in [0.4, 0.5) is 21.5 Å². The topological polar surface area (TPSA) is 70.2 Å². The predicted molar refractivity (Wildman–Crippen MR) is 98.0 cm³/mol. The number of anilines is 3. The Balaban J connectivity index is 1.90. The van der Waals surface area contributed by atoms with E-state index in [4.69, 9.17) is 0 Å². The second-order valence-electron chi connectivity index (χ2n) is 6.69. The number of hydrogen-bond acceptors (Lipinski definition) is 3. The van der Waals surface area contributed by atoms with Gasteiger partial charge in [-0.2, -0.15) is 0 Å². The maximum Gasteiger partial charge on any atom is 0.243 e. The van der Waals surface area contributed by atoms with Gasteiger partial charge < -0.3 is 16.0 Å². The number of carbonyl (C=O) groups excluding carboxylic acids is 2. The zero-order valence-electron chi connectivity index (χ0n) is 14.5. The highest BCUT2D eigenvalue weighted by Gasteiger charge is 2.21. The van der Waals surface area contributed by atoms with Crippen LogP contribution in [0.1, 0.15) is 20.8 Å². The molecular formula is C19H22FN3O2. The molecule has 0 unspecified atom stereocenters. The van der Waals surface area contributed by atoms with Gasteiger partial charge in [0.05, 0.1) is 6.54 Å². The summed E-state index contributed by atoms with van der Waals surface area (Å²) in [6.07, 6.45) is 0. The van der Waals surface area contributed by atoms with E-state index in [9.17, 15) is 14.0 Å². The van der Waals surface area contributed by atoms with E-state index in [1.807, 2.05) is 20.8 Å². The minimum atomic E-state index is -0.488. The Morgan fingerprint density at radius 2 is 1.56 bits per heavy atom. The fourth-order valence-corrected chi connectivity index (χ4v) is 1.95. The van der Waals surface area contributed by atoms with E-state index in [1.54, 1.807) is 24.3 Å². The van der Waals surface area contributed by atoms with Gasteiger partial charge in [-0.25, -0.2) is 4.39 Å². The van der Waals surface area contributed by atoms with Crippen LogP contribution in [0.25, 0.3) is 0 Å². The number of halogens is 1. The van der Waals surface area contributed by atoms with Crippen LogP contribution in [-0.4, -0.2) is 18.4 Å². The van der Waals surface area contributed by atoms with Crippen molar-refractivity contribution in [2.75, 3.05) is 22.5 Å². The van der Waals surface area contributed by atoms with Gasteiger partial charge in [0.25, 0.3) is 0 Å². The summed E-state index contributed by atoms with van der Waals surface area (Å²) in [7, 11) is 0. The number of nitrogens with one attached hydrogen (secondary N) is 3. The smallest absolute Gasteiger partial charge is 0.243 e. The van der Waals surface area contributed by atoms with Crippen LogP contribution >= 0.6 is 0 Å². The predicted octanol–water partition coefficient (Wildman–Crippen LogP) is 3.86. The van der Waals surface area contributed by atoms with Crippen LogP contribution in [0.5, 0.6) is 0 Å². The molecule has 3 N–H and O–H groups in total. The summed E-state index contributed by atoms with van der Waals surface area (Å²) >= 11 is 0. The molecule has 0 radical (unpaired) electrons. The van der Waals surface area contributed by atoms with Crippen LogP contribution in [-0.2, 0) is 9.59 Å². The lowest BCUT2D eigenvalue weighted by molar-refractivity contribution is -0.123. The van der Waals surface area contributed by atoms with Gasteiger partial charge in [-0.05, 0) is 42.5 Å². The third-order valence-electron chi connectivity index (χ3n) is 3.38. The molecule has 0 aromatic heterocycles. The fraction of sp³-hybridized carbons (Fsp3) is 0.263. The first-order valence-corrected chi connectivity index (χ1v) is 7.95. The molecule has 25 heavy (non-hydrogen) atoms. The summed E-state index contributed by atoms with van der Waals surface area (Å²) in [5, 5.41) is 8.50. The van der Waals surface area contributed by atoms with E-state index in [0.29, 0.717) is 17.1 Å². The minimum absolute atomic E-state index is 0.0496. The van der Waals surface area contributed by atoms with Crippen LogP contribution in [0, 0.1) is 11.2 Å². The number of rotatable bonds is 5. The van der Waals surface area contributed by atoms with Crippen molar-refractivity contribution < 1.29 is 14.0 Å². The number of amides is 2. The molecule has 0 spiro atoms. The average Bonchev–Trinajstić information content (AvgIpc) is 2.55. The van der Waals surface area contributed by atoms with Gasteiger partial charge in [-0.3, -0.25) is 9.59 Å². The lowest BCUT2D eigenvalue weighted by Gasteiger charge is -2.18. The largest absolute Gasteiger partial charge is 0.376 e. The quantitative estimate of drug-likeness (QED) is 0.772. The first kappa shape index (κ1) is 18.4. The molecule has 2 aromatic rings. The summed E-state index contributed by atoms with van der Waals surface area (Å²) in [6, 6.07) is 12.7.